The minimum Gasteiger partial charge on any atom is -0.477 e. The number of hydrogen-bond donors (Lipinski definition) is 2. The number of benzene rings is 1. The highest BCUT2D eigenvalue weighted by Crippen LogP contribution is 2.14. The summed E-state index contributed by atoms with van der Waals surface area (Å²) in [7, 11) is 0. The fourth-order valence-corrected chi connectivity index (χ4v) is 1.71. The van der Waals surface area contributed by atoms with Crippen molar-refractivity contribution in [1.29, 1.82) is 0 Å². The predicted octanol–water partition coefficient (Wildman–Crippen LogP) is 2.18. The molecule has 108 valence electrons. The molecule has 6 heteroatoms. The molecule has 0 saturated carbocycles. The van der Waals surface area contributed by atoms with E-state index in [0.29, 0.717) is 5.82 Å². The number of carbonyl (C=O) groups is 2. The van der Waals surface area contributed by atoms with Crippen molar-refractivity contribution in [2.24, 2.45) is 0 Å². The van der Waals surface area contributed by atoms with Gasteiger partial charge in [-0.25, -0.2) is 14.6 Å². The van der Waals surface area contributed by atoms with Crippen LogP contribution in [-0.2, 0) is 14.3 Å². The van der Waals surface area contributed by atoms with E-state index in [2.05, 4.69) is 15.0 Å². The van der Waals surface area contributed by atoms with Crippen LogP contribution in [0.25, 0.3) is 10.9 Å². The highest BCUT2D eigenvalue weighted by Gasteiger charge is 2.18. The van der Waals surface area contributed by atoms with Crippen molar-refractivity contribution < 1.29 is 19.4 Å². The minimum atomic E-state index is -1.36. The highest BCUT2D eigenvalue weighted by atomic mass is 16.5. The van der Waals surface area contributed by atoms with Crippen LogP contribution >= 0.6 is 0 Å². The number of carbonyl (C=O) groups excluding carboxylic acids is 1. The van der Waals surface area contributed by atoms with Crippen molar-refractivity contribution in [1.82, 2.24) is 4.98 Å². The van der Waals surface area contributed by atoms with Gasteiger partial charge in [0.05, 0.1) is 12.1 Å². The van der Waals surface area contributed by atoms with Crippen molar-refractivity contribution in [2.75, 3.05) is 11.9 Å². The first kappa shape index (κ1) is 14.5. The van der Waals surface area contributed by atoms with Crippen molar-refractivity contribution in [3.05, 3.63) is 48.2 Å². The number of ether oxygens (including phenoxy) is 1. The number of hydrogen-bond acceptors (Lipinski definition) is 5. The van der Waals surface area contributed by atoms with Crippen LogP contribution in [0.5, 0.6) is 0 Å². The highest BCUT2D eigenvalue weighted by molar-refractivity contribution is 6.13. The molecule has 0 atom stereocenters. The molecule has 1 aromatic carbocycles. The third-order valence-corrected chi connectivity index (χ3v) is 2.69. The van der Waals surface area contributed by atoms with Crippen LogP contribution in [0.15, 0.2) is 48.2 Å². The van der Waals surface area contributed by atoms with Gasteiger partial charge in [0.1, 0.15) is 5.82 Å². The number of nitrogens with zero attached hydrogens (tertiary/aromatic N) is 1. The van der Waals surface area contributed by atoms with E-state index in [1.54, 1.807) is 13.0 Å². The number of aliphatic carboxylic acids is 1. The molecule has 0 aliphatic carbocycles. The molecule has 2 rings (SSSR count). The number of rotatable bonds is 5. The van der Waals surface area contributed by atoms with E-state index in [9.17, 15) is 9.59 Å². The fraction of sp³-hybridized carbons (Fsp3) is 0.133. The number of anilines is 1. The van der Waals surface area contributed by atoms with Gasteiger partial charge >= 0.3 is 11.9 Å². The lowest BCUT2D eigenvalue weighted by Crippen LogP contribution is -2.16. The molecule has 21 heavy (non-hydrogen) atoms. The molecule has 0 fully saturated rings. The molecule has 0 spiro atoms. The summed E-state index contributed by atoms with van der Waals surface area (Å²) in [6, 6.07) is 11.1. The van der Waals surface area contributed by atoms with E-state index >= 15 is 0 Å². The number of esters is 1. The van der Waals surface area contributed by atoms with E-state index < -0.39 is 17.5 Å². The number of para-hydroxylation sites is 1. The predicted molar refractivity (Wildman–Crippen MR) is 77.7 cm³/mol. The van der Waals surface area contributed by atoms with E-state index in [-0.39, 0.29) is 6.61 Å². The zero-order chi connectivity index (χ0) is 15.2. The fourth-order valence-electron chi connectivity index (χ4n) is 1.71. The van der Waals surface area contributed by atoms with Crippen LogP contribution in [0.4, 0.5) is 5.82 Å². The Bertz CT molecular complexity index is 710. The molecule has 1 heterocycles. The third-order valence-electron chi connectivity index (χ3n) is 2.69. The van der Waals surface area contributed by atoms with E-state index in [4.69, 9.17) is 5.11 Å². The third kappa shape index (κ3) is 3.56. The molecular formula is C15H14N2O4. The van der Waals surface area contributed by atoms with Crippen LogP contribution in [0.2, 0.25) is 0 Å². The van der Waals surface area contributed by atoms with Crippen LogP contribution in [0, 0.1) is 0 Å². The van der Waals surface area contributed by atoms with Crippen molar-refractivity contribution >= 4 is 28.7 Å². The van der Waals surface area contributed by atoms with Crippen molar-refractivity contribution in [2.45, 2.75) is 6.92 Å². The minimum absolute atomic E-state index is 0.109. The molecule has 6 nitrogen and oxygen atoms in total. The summed E-state index contributed by atoms with van der Waals surface area (Å²) in [6.45, 7) is 1.72. The standard InChI is InChI=1S/C15H14N2O4/c1-2-21-15(20)11(14(18)19)9-16-13-8-7-10-5-3-4-6-12(10)17-13/h3-9H,2H2,1H3,(H,16,17)(H,18,19). The normalized spacial score (nSPS) is 11.2. The first-order valence-electron chi connectivity index (χ1n) is 6.34. The lowest BCUT2D eigenvalue weighted by Gasteiger charge is -2.05. The van der Waals surface area contributed by atoms with Crippen LogP contribution in [0.3, 0.4) is 0 Å². The monoisotopic (exact) mass is 286 g/mol. The van der Waals surface area contributed by atoms with Crippen LogP contribution in [-0.4, -0.2) is 28.6 Å². The average Bonchev–Trinajstić information content (AvgIpc) is 2.47. The summed E-state index contributed by atoms with van der Waals surface area (Å²) >= 11 is 0. The van der Waals surface area contributed by atoms with Gasteiger partial charge in [-0.2, -0.15) is 0 Å². The maximum atomic E-state index is 11.5. The largest absolute Gasteiger partial charge is 0.477 e. The second-order valence-electron chi connectivity index (χ2n) is 4.12. The molecule has 0 unspecified atom stereocenters. The summed E-state index contributed by atoms with van der Waals surface area (Å²) in [5.74, 6) is -1.81. The lowest BCUT2D eigenvalue weighted by atomic mass is 10.2. The Morgan fingerprint density at radius 3 is 2.76 bits per heavy atom. The lowest BCUT2D eigenvalue weighted by molar-refractivity contribution is -0.143. The Kier molecular flexibility index (Phi) is 4.50. The van der Waals surface area contributed by atoms with Gasteiger partial charge in [0.2, 0.25) is 0 Å². The summed E-state index contributed by atoms with van der Waals surface area (Å²) in [5, 5.41) is 12.7. The van der Waals surface area contributed by atoms with E-state index in [0.717, 1.165) is 17.1 Å². The molecule has 0 amide bonds. The molecular weight excluding hydrogens is 272 g/mol. The quantitative estimate of drug-likeness (QED) is 0.379. The first-order chi connectivity index (χ1) is 10.1. The van der Waals surface area contributed by atoms with Gasteiger partial charge < -0.3 is 15.2 Å². The van der Waals surface area contributed by atoms with Crippen LogP contribution in [0.1, 0.15) is 6.92 Å². The maximum absolute atomic E-state index is 11.5. The number of carboxylic acids is 1. The SMILES string of the molecule is CCOC(=O)C(=CNc1ccc2ccccc2n1)C(=O)O. The Balaban J connectivity index is 2.23. The zero-order valence-electron chi connectivity index (χ0n) is 11.4. The Hall–Kier alpha value is -2.89. The molecule has 2 aromatic rings. The molecule has 2 N–H and O–H groups in total. The molecule has 0 saturated heterocycles. The van der Waals surface area contributed by atoms with E-state index in [1.807, 2.05) is 30.3 Å². The second kappa shape index (κ2) is 6.51. The van der Waals surface area contributed by atoms with E-state index in [1.165, 1.54) is 0 Å². The summed E-state index contributed by atoms with van der Waals surface area (Å²) in [5.41, 5.74) is 0.288. The Morgan fingerprint density at radius 1 is 1.29 bits per heavy atom. The van der Waals surface area contributed by atoms with Gasteiger partial charge in [-0.1, -0.05) is 18.2 Å². The number of aromatic nitrogens is 1. The topological polar surface area (TPSA) is 88.5 Å². The maximum Gasteiger partial charge on any atom is 0.347 e. The number of pyridine rings is 1. The molecule has 0 aliphatic heterocycles. The van der Waals surface area contributed by atoms with Crippen LogP contribution < -0.4 is 5.32 Å². The van der Waals surface area contributed by atoms with Crippen molar-refractivity contribution in [3.63, 3.8) is 0 Å². The van der Waals surface area contributed by atoms with Gasteiger partial charge in [-0.15, -0.1) is 0 Å². The summed E-state index contributed by atoms with van der Waals surface area (Å²) in [4.78, 5) is 26.8. The van der Waals surface area contributed by atoms with Gasteiger partial charge in [0, 0.05) is 11.6 Å². The zero-order valence-corrected chi connectivity index (χ0v) is 11.4. The van der Waals surface area contributed by atoms with Gasteiger partial charge in [-0.05, 0) is 25.1 Å². The smallest absolute Gasteiger partial charge is 0.347 e. The molecule has 0 aliphatic rings. The summed E-state index contributed by atoms with van der Waals surface area (Å²) in [6.07, 6.45) is 1.08. The summed E-state index contributed by atoms with van der Waals surface area (Å²) < 4.78 is 4.68. The number of nitrogens with one attached hydrogen (secondary N) is 1. The number of fused-ring (bicyclic) bond motifs is 1. The van der Waals surface area contributed by atoms with Gasteiger partial charge in [0.25, 0.3) is 0 Å². The Labute approximate surface area is 121 Å². The average molecular weight is 286 g/mol. The first-order valence-corrected chi connectivity index (χ1v) is 6.34. The Morgan fingerprint density at radius 2 is 2.05 bits per heavy atom. The van der Waals surface area contributed by atoms with Gasteiger partial charge in [-0.3, -0.25) is 0 Å². The number of carboxylic acid groups (broad SMARTS) is 1. The molecule has 0 radical (unpaired) electrons. The van der Waals surface area contributed by atoms with Gasteiger partial charge in [0.15, 0.2) is 5.57 Å². The second-order valence-corrected chi connectivity index (χ2v) is 4.12. The molecule has 1 aromatic heterocycles. The molecule has 0 bridgehead atoms. The van der Waals surface area contributed by atoms with Crippen molar-refractivity contribution in [3.8, 4) is 0 Å².